The van der Waals surface area contributed by atoms with Crippen molar-refractivity contribution in [1.29, 1.82) is 0 Å². The lowest BCUT2D eigenvalue weighted by Gasteiger charge is -2.23. The highest BCUT2D eigenvalue weighted by atomic mass is 127. The molecular weight excluding hydrogens is 354 g/mol. The van der Waals surface area contributed by atoms with E-state index in [1.165, 1.54) is 19.4 Å². The van der Waals surface area contributed by atoms with Crippen LogP contribution < -0.4 is 5.73 Å². The normalized spacial score (nSPS) is 30.9. The Morgan fingerprint density at radius 2 is 2.40 bits per heavy atom. The van der Waals surface area contributed by atoms with Crippen molar-refractivity contribution in [3.63, 3.8) is 0 Å². The first-order valence-corrected chi connectivity index (χ1v) is 6.22. The zero-order valence-electron chi connectivity index (χ0n) is 5.76. The fourth-order valence-corrected chi connectivity index (χ4v) is 3.02. The van der Waals surface area contributed by atoms with Crippen LogP contribution in [0.1, 0.15) is 12.8 Å². The van der Waals surface area contributed by atoms with Gasteiger partial charge in [0.1, 0.15) is 0 Å². The average Bonchev–Trinajstić information content (AvgIpc) is 2.33. The number of hydrogen-bond donors (Lipinski definition) is 1. The second kappa shape index (κ2) is 4.42. The minimum Gasteiger partial charge on any atom is -0.318 e. The standard InChI is InChI=1S/C6H12I2N2/c7-4-10-3-1-2-5(10)6(8)9/h5-6H,1-4,9H2. The van der Waals surface area contributed by atoms with Gasteiger partial charge in [-0.25, -0.2) is 0 Å². The number of hydrogen-bond acceptors (Lipinski definition) is 2. The summed E-state index contributed by atoms with van der Waals surface area (Å²) in [5, 5.41) is 0. The van der Waals surface area contributed by atoms with Gasteiger partial charge in [0.2, 0.25) is 0 Å². The molecule has 60 valence electrons. The Morgan fingerprint density at radius 1 is 1.70 bits per heavy atom. The van der Waals surface area contributed by atoms with Crippen molar-refractivity contribution in [3.05, 3.63) is 0 Å². The van der Waals surface area contributed by atoms with Crippen LogP contribution in [-0.4, -0.2) is 26.1 Å². The lowest BCUT2D eigenvalue weighted by Crippen LogP contribution is -2.39. The predicted octanol–water partition coefficient (Wildman–Crippen LogP) is 1.56. The summed E-state index contributed by atoms with van der Waals surface area (Å²) >= 11 is 4.72. The van der Waals surface area contributed by atoms with Gasteiger partial charge >= 0.3 is 0 Å². The van der Waals surface area contributed by atoms with Crippen molar-refractivity contribution in [2.24, 2.45) is 5.73 Å². The molecule has 0 saturated carbocycles. The van der Waals surface area contributed by atoms with E-state index in [2.05, 4.69) is 50.1 Å². The van der Waals surface area contributed by atoms with Crippen LogP contribution >= 0.6 is 45.2 Å². The maximum Gasteiger partial charge on any atom is 0.0726 e. The summed E-state index contributed by atoms with van der Waals surface area (Å²) in [5.41, 5.74) is 5.81. The largest absolute Gasteiger partial charge is 0.318 e. The minimum atomic E-state index is 0.315. The molecule has 0 aromatic carbocycles. The molecule has 2 nitrogen and oxygen atoms in total. The van der Waals surface area contributed by atoms with E-state index in [1.807, 2.05) is 0 Å². The zero-order valence-corrected chi connectivity index (χ0v) is 10.1. The molecule has 0 aromatic heterocycles. The molecule has 10 heavy (non-hydrogen) atoms. The first-order valence-electron chi connectivity index (χ1n) is 3.45. The smallest absolute Gasteiger partial charge is 0.0726 e. The Kier molecular flexibility index (Phi) is 4.18. The van der Waals surface area contributed by atoms with Crippen LogP contribution in [0, 0.1) is 0 Å². The molecule has 1 rings (SSSR count). The molecule has 1 fully saturated rings. The highest BCUT2D eigenvalue weighted by Crippen LogP contribution is 2.22. The molecule has 2 unspecified atom stereocenters. The van der Waals surface area contributed by atoms with Gasteiger partial charge in [-0.15, -0.1) is 0 Å². The van der Waals surface area contributed by atoms with Crippen molar-refractivity contribution in [2.45, 2.75) is 22.9 Å². The predicted molar refractivity (Wildman–Crippen MR) is 60.6 cm³/mol. The van der Waals surface area contributed by atoms with Crippen LogP contribution in [0.15, 0.2) is 0 Å². The van der Waals surface area contributed by atoms with Crippen molar-refractivity contribution in [2.75, 3.05) is 11.1 Å². The topological polar surface area (TPSA) is 29.3 Å². The third-order valence-electron chi connectivity index (χ3n) is 1.94. The van der Waals surface area contributed by atoms with Crippen molar-refractivity contribution >= 4 is 45.2 Å². The number of nitrogens with two attached hydrogens (primary N) is 1. The van der Waals surface area contributed by atoms with Crippen LogP contribution in [0.3, 0.4) is 0 Å². The molecule has 0 aromatic rings. The summed E-state index contributed by atoms with van der Waals surface area (Å²) in [5.74, 6) is 0. The first kappa shape index (κ1) is 9.47. The molecule has 0 radical (unpaired) electrons. The van der Waals surface area contributed by atoms with Gasteiger partial charge in [-0.2, -0.15) is 0 Å². The van der Waals surface area contributed by atoms with Gasteiger partial charge in [0.25, 0.3) is 0 Å². The Bertz CT molecular complexity index is 108. The molecule has 0 bridgehead atoms. The fourth-order valence-electron chi connectivity index (χ4n) is 1.36. The van der Waals surface area contributed by atoms with E-state index < -0.39 is 0 Å². The molecule has 1 saturated heterocycles. The van der Waals surface area contributed by atoms with Gasteiger partial charge in [0.05, 0.1) is 8.60 Å². The molecule has 1 aliphatic heterocycles. The number of likely N-dealkylation sites (tertiary alicyclic amines) is 1. The Hall–Kier alpha value is 1.38. The van der Waals surface area contributed by atoms with Gasteiger partial charge < -0.3 is 5.73 Å². The lowest BCUT2D eigenvalue weighted by atomic mass is 10.2. The molecule has 0 spiro atoms. The maximum absolute atomic E-state index is 5.81. The van der Waals surface area contributed by atoms with E-state index in [0.29, 0.717) is 10.1 Å². The van der Waals surface area contributed by atoms with E-state index >= 15 is 0 Å². The van der Waals surface area contributed by atoms with Crippen molar-refractivity contribution in [3.8, 4) is 0 Å². The van der Waals surface area contributed by atoms with Gasteiger partial charge in [-0.3, -0.25) is 4.90 Å². The summed E-state index contributed by atoms with van der Waals surface area (Å²) in [6.07, 6.45) is 2.61. The Morgan fingerprint density at radius 3 is 2.80 bits per heavy atom. The summed E-state index contributed by atoms with van der Waals surface area (Å²) in [7, 11) is 0. The molecule has 0 aliphatic carbocycles. The molecule has 1 aliphatic rings. The molecule has 2 atom stereocenters. The summed E-state index contributed by atoms with van der Waals surface area (Å²) in [6, 6.07) is 0.637. The number of alkyl halides is 2. The summed E-state index contributed by atoms with van der Waals surface area (Å²) < 4.78 is 1.44. The fraction of sp³-hybridized carbons (Fsp3) is 1.00. The second-order valence-corrected chi connectivity index (χ2v) is 4.71. The summed E-state index contributed by atoms with van der Waals surface area (Å²) in [6.45, 7) is 1.24. The minimum absolute atomic E-state index is 0.315. The van der Waals surface area contributed by atoms with Gasteiger partial charge in [-0.05, 0) is 19.4 Å². The lowest BCUT2D eigenvalue weighted by molar-refractivity contribution is 0.305. The highest BCUT2D eigenvalue weighted by Gasteiger charge is 2.26. The van der Waals surface area contributed by atoms with Crippen LogP contribution in [0.2, 0.25) is 0 Å². The highest BCUT2D eigenvalue weighted by molar-refractivity contribution is 14.1. The molecule has 1 heterocycles. The van der Waals surface area contributed by atoms with E-state index in [1.54, 1.807) is 0 Å². The molecule has 0 amide bonds. The van der Waals surface area contributed by atoms with Crippen LogP contribution in [0.4, 0.5) is 0 Å². The van der Waals surface area contributed by atoms with Crippen LogP contribution in [0.5, 0.6) is 0 Å². The van der Waals surface area contributed by atoms with Crippen LogP contribution in [-0.2, 0) is 0 Å². The third kappa shape index (κ3) is 2.18. The second-order valence-electron chi connectivity index (χ2n) is 2.59. The maximum atomic E-state index is 5.81. The first-order chi connectivity index (χ1) is 4.75. The van der Waals surface area contributed by atoms with E-state index in [0.717, 1.165) is 4.55 Å². The third-order valence-corrected chi connectivity index (χ3v) is 3.64. The van der Waals surface area contributed by atoms with E-state index in [-0.39, 0.29) is 0 Å². The molecule has 2 N–H and O–H groups in total. The number of rotatable bonds is 2. The zero-order chi connectivity index (χ0) is 7.56. The Balaban J connectivity index is 2.42. The molecular formula is C6H12I2N2. The summed E-state index contributed by atoms with van der Waals surface area (Å²) in [4.78, 5) is 2.46. The number of nitrogens with zero attached hydrogens (tertiary/aromatic N) is 1. The quantitative estimate of drug-likeness (QED) is 0.457. The van der Waals surface area contributed by atoms with Crippen molar-refractivity contribution < 1.29 is 0 Å². The number of halogens is 2. The van der Waals surface area contributed by atoms with Crippen LogP contribution in [0.25, 0.3) is 0 Å². The van der Waals surface area contributed by atoms with Gasteiger partial charge in [0.15, 0.2) is 0 Å². The SMILES string of the molecule is NC(I)C1CCCN1CI. The molecule has 4 heteroatoms. The van der Waals surface area contributed by atoms with E-state index in [4.69, 9.17) is 5.73 Å². The average molecular weight is 366 g/mol. The monoisotopic (exact) mass is 366 g/mol. The van der Waals surface area contributed by atoms with Gasteiger partial charge in [0, 0.05) is 6.04 Å². The Labute approximate surface area is 89.2 Å². The van der Waals surface area contributed by atoms with Crippen molar-refractivity contribution in [1.82, 2.24) is 4.90 Å². The van der Waals surface area contributed by atoms with E-state index in [9.17, 15) is 0 Å². The van der Waals surface area contributed by atoms with Gasteiger partial charge in [-0.1, -0.05) is 45.2 Å².